The molecule has 30 heavy (non-hydrogen) atoms. The maximum atomic E-state index is 12.1. The molecule has 0 bridgehead atoms. The minimum absolute atomic E-state index is 0.150. The summed E-state index contributed by atoms with van der Waals surface area (Å²) in [6.45, 7) is 22.1. The predicted octanol–water partition coefficient (Wildman–Crippen LogP) is 3.82. The lowest BCUT2D eigenvalue weighted by Gasteiger charge is -2.37. The van der Waals surface area contributed by atoms with Crippen molar-refractivity contribution in [2.24, 2.45) is 0 Å². The van der Waals surface area contributed by atoms with Gasteiger partial charge in [0.25, 0.3) is 0 Å². The normalized spacial score (nSPS) is 23.1. The van der Waals surface area contributed by atoms with E-state index in [0.717, 1.165) is 38.1 Å². The molecule has 0 saturated carbocycles. The maximum Gasteiger partial charge on any atom is 0.490 e. The number of piperazine rings is 1. The molecule has 7 heteroatoms. The van der Waals surface area contributed by atoms with Crippen LogP contribution in [-0.4, -0.2) is 72.4 Å². The minimum atomic E-state index is -0.432. The van der Waals surface area contributed by atoms with Gasteiger partial charge < -0.3 is 18.9 Å². The lowest BCUT2D eigenvalue weighted by molar-refractivity contribution is -0.156. The van der Waals surface area contributed by atoms with Crippen LogP contribution in [0, 0.1) is 0 Å². The fourth-order valence-electron chi connectivity index (χ4n) is 3.53. The molecule has 0 aliphatic carbocycles. The second-order valence-corrected chi connectivity index (χ2v) is 10.4. The second-order valence-electron chi connectivity index (χ2n) is 10.4. The fourth-order valence-corrected chi connectivity index (χ4v) is 3.53. The predicted molar refractivity (Wildman–Crippen MR) is 122 cm³/mol. The third kappa shape index (κ3) is 6.60. The standard InChI is InChI=1S/C23H41BN2O4/c1-10-19(12-11-18(2)24-29-22(6,7)23(8,9)30-24)26-15-13-25(14-16-26)17-20(27)28-21(3,4)5/h11-12H,10,13-17H2,1-9H3. The van der Waals surface area contributed by atoms with Crippen LogP contribution in [0.2, 0.25) is 0 Å². The highest BCUT2D eigenvalue weighted by Crippen LogP contribution is 2.38. The molecule has 0 radical (unpaired) electrons. The van der Waals surface area contributed by atoms with E-state index in [4.69, 9.17) is 14.0 Å². The Morgan fingerprint density at radius 2 is 1.57 bits per heavy atom. The molecule has 2 saturated heterocycles. The molecule has 2 fully saturated rings. The summed E-state index contributed by atoms with van der Waals surface area (Å²) in [5, 5.41) is 0. The molecule has 6 nitrogen and oxygen atoms in total. The third-order valence-electron chi connectivity index (χ3n) is 6.08. The molecule has 170 valence electrons. The van der Waals surface area contributed by atoms with E-state index in [-0.39, 0.29) is 24.3 Å². The lowest BCUT2D eigenvalue weighted by atomic mass is 9.79. The van der Waals surface area contributed by atoms with Crippen LogP contribution in [0.1, 0.15) is 68.7 Å². The van der Waals surface area contributed by atoms with Crippen LogP contribution in [0.5, 0.6) is 0 Å². The van der Waals surface area contributed by atoms with E-state index in [1.165, 1.54) is 5.70 Å². The second kappa shape index (κ2) is 9.45. The van der Waals surface area contributed by atoms with Crippen molar-refractivity contribution in [3.05, 3.63) is 23.3 Å². The highest BCUT2D eigenvalue weighted by molar-refractivity contribution is 6.54. The van der Waals surface area contributed by atoms with Crippen LogP contribution in [0.15, 0.2) is 23.3 Å². The van der Waals surface area contributed by atoms with Gasteiger partial charge in [-0.1, -0.05) is 13.0 Å². The van der Waals surface area contributed by atoms with Gasteiger partial charge in [0.05, 0.1) is 17.7 Å². The topological polar surface area (TPSA) is 51.2 Å². The van der Waals surface area contributed by atoms with Crippen LogP contribution < -0.4 is 0 Å². The van der Waals surface area contributed by atoms with E-state index >= 15 is 0 Å². The molecule has 0 aromatic heterocycles. The lowest BCUT2D eigenvalue weighted by Crippen LogP contribution is -2.48. The van der Waals surface area contributed by atoms with Crippen molar-refractivity contribution >= 4 is 13.1 Å². The van der Waals surface area contributed by atoms with Gasteiger partial charge in [-0.25, -0.2) is 0 Å². The number of ether oxygens (including phenoxy) is 1. The summed E-state index contributed by atoms with van der Waals surface area (Å²) >= 11 is 0. The number of hydrogen-bond donors (Lipinski definition) is 0. The maximum absolute atomic E-state index is 12.1. The van der Waals surface area contributed by atoms with Crippen LogP contribution in [0.3, 0.4) is 0 Å². The number of carbonyl (C=O) groups excluding carboxylic acids is 1. The summed E-state index contributed by atoms with van der Waals surface area (Å²) in [6.07, 6.45) is 5.26. The van der Waals surface area contributed by atoms with Crippen LogP contribution in [0.25, 0.3) is 0 Å². The van der Waals surface area contributed by atoms with Gasteiger partial charge in [0.2, 0.25) is 0 Å². The molecule has 0 aromatic carbocycles. The molecule has 0 aromatic rings. The first-order valence-corrected chi connectivity index (χ1v) is 11.2. The first-order valence-electron chi connectivity index (χ1n) is 11.2. The smallest absolute Gasteiger partial charge is 0.459 e. The Morgan fingerprint density at radius 1 is 1.03 bits per heavy atom. The summed E-state index contributed by atoms with van der Waals surface area (Å²) in [6, 6.07) is 0. The SMILES string of the molecule is CCC(=CC=C(C)B1OC(C)(C)C(C)(C)O1)N1CCN(CC(=O)OC(C)(C)C)CC1. The number of hydrogen-bond acceptors (Lipinski definition) is 6. The fraction of sp³-hybridized carbons (Fsp3) is 0.783. The van der Waals surface area contributed by atoms with E-state index < -0.39 is 5.60 Å². The summed E-state index contributed by atoms with van der Waals surface area (Å²) in [5.74, 6) is -0.150. The number of allylic oxidation sites excluding steroid dienone is 4. The Kier molecular flexibility index (Phi) is 7.86. The van der Waals surface area contributed by atoms with Gasteiger partial charge in [-0.3, -0.25) is 9.69 Å². The highest BCUT2D eigenvalue weighted by Gasteiger charge is 2.51. The Labute approximate surface area is 183 Å². The van der Waals surface area contributed by atoms with Gasteiger partial charge in [-0.2, -0.15) is 0 Å². The van der Waals surface area contributed by atoms with Gasteiger partial charge in [-0.15, -0.1) is 0 Å². The highest BCUT2D eigenvalue weighted by atomic mass is 16.7. The molecule has 0 N–H and O–H groups in total. The van der Waals surface area contributed by atoms with Crippen molar-refractivity contribution in [1.29, 1.82) is 0 Å². The van der Waals surface area contributed by atoms with E-state index in [9.17, 15) is 4.79 Å². The van der Waals surface area contributed by atoms with Gasteiger partial charge in [0.1, 0.15) is 5.60 Å². The summed E-state index contributed by atoms with van der Waals surface area (Å²) < 4.78 is 17.7. The first kappa shape index (κ1) is 25.0. The Morgan fingerprint density at radius 3 is 2.03 bits per heavy atom. The van der Waals surface area contributed by atoms with Crippen LogP contribution in [-0.2, 0) is 18.8 Å². The Bertz CT molecular complexity index is 655. The number of esters is 1. The van der Waals surface area contributed by atoms with E-state index in [1.54, 1.807) is 0 Å². The van der Waals surface area contributed by atoms with Crippen molar-refractivity contribution in [3.8, 4) is 0 Å². The van der Waals surface area contributed by atoms with Crippen LogP contribution in [0.4, 0.5) is 0 Å². The average molecular weight is 420 g/mol. The number of rotatable bonds is 6. The Balaban J connectivity index is 1.92. The molecule has 0 atom stereocenters. The zero-order chi connectivity index (χ0) is 22.7. The van der Waals surface area contributed by atoms with Crippen molar-refractivity contribution in [1.82, 2.24) is 9.80 Å². The molecule has 2 rings (SSSR count). The molecule has 2 heterocycles. The molecule has 0 unspecified atom stereocenters. The van der Waals surface area contributed by atoms with Gasteiger partial charge >= 0.3 is 13.1 Å². The van der Waals surface area contributed by atoms with E-state index in [1.807, 2.05) is 20.8 Å². The molecular weight excluding hydrogens is 379 g/mol. The zero-order valence-corrected chi connectivity index (χ0v) is 20.5. The molecule has 2 aliphatic rings. The third-order valence-corrected chi connectivity index (χ3v) is 6.08. The molecule has 2 aliphatic heterocycles. The van der Waals surface area contributed by atoms with E-state index in [2.05, 4.69) is 63.5 Å². The number of carbonyl (C=O) groups is 1. The summed E-state index contributed by atoms with van der Waals surface area (Å²) in [4.78, 5) is 16.6. The molecule has 0 spiro atoms. The van der Waals surface area contributed by atoms with Crippen molar-refractivity contribution < 1.29 is 18.8 Å². The van der Waals surface area contributed by atoms with Gasteiger partial charge in [0.15, 0.2) is 0 Å². The zero-order valence-electron chi connectivity index (χ0n) is 20.5. The van der Waals surface area contributed by atoms with Crippen LogP contribution >= 0.6 is 0 Å². The first-order chi connectivity index (χ1) is 13.7. The van der Waals surface area contributed by atoms with E-state index in [0.29, 0.717) is 6.54 Å². The van der Waals surface area contributed by atoms with Gasteiger partial charge in [0, 0.05) is 31.9 Å². The van der Waals surface area contributed by atoms with Gasteiger partial charge in [-0.05, 0) is 73.4 Å². The van der Waals surface area contributed by atoms with Crippen molar-refractivity contribution in [3.63, 3.8) is 0 Å². The Hall–Kier alpha value is -1.31. The summed E-state index contributed by atoms with van der Waals surface area (Å²) in [5.41, 5.74) is 1.28. The monoisotopic (exact) mass is 420 g/mol. The largest absolute Gasteiger partial charge is 0.490 e. The van der Waals surface area contributed by atoms with Crippen molar-refractivity contribution in [2.45, 2.75) is 85.5 Å². The quantitative estimate of drug-likeness (QED) is 0.370. The van der Waals surface area contributed by atoms with Crippen molar-refractivity contribution in [2.75, 3.05) is 32.7 Å². The number of nitrogens with zero attached hydrogens (tertiary/aromatic N) is 2. The minimum Gasteiger partial charge on any atom is -0.459 e. The molecular formula is C23H41BN2O4. The average Bonchev–Trinajstić information content (AvgIpc) is 2.82. The molecule has 0 amide bonds. The summed E-state index contributed by atoms with van der Waals surface area (Å²) in [7, 11) is -0.310.